The molecule has 0 fully saturated rings. The predicted molar refractivity (Wildman–Crippen MR) is 78.3 cm³/mol. The van der Waals surface area contributed by atoms with Gasteiger partial charge in [-0.25, -0.2) is 4.39 Å². The molecule has 2 aromatic rings. The van der Waals surface area contributed by atoms with Gasteiger partial charge in [0.1, 0.15) is 5.82 Å². The van der Waals surface area contributed by atoms with Gasteiger partial charge in [-0.15, -0.1) is 0 Å². The first kappa shape index (κ1) is 14.7. The Bertz CT molecular complexity index is 636. The van der Waals surface area contributed by atoms with Crippen LogP contribution in [0.4, 0.5) is 10.1 Å². The van der Waals surface area contributed by atoms with Crippen molar-refractivity contribution in [1.29, 1.82) is 0 Å². The van der Waals surface area contributed by atoms with Crippen LogP contribution in [-0.2, 0) is 11.3 Å². The van der Waals surface area contributed by atoms with Crippen LogP contribution in [0.25, 0.3) is 0 Å². The Hall–Kier alpha value is -2.69. The molecule has 0 heterocycles. The normalized spacial score (nSPS) is 10.0. The molecule has 0 saturated heterocycles. The smallest absolute Gasteiger partial charge is 0.251 e. The van der Waals surface area contributed by atoms with Crippen molar-refractivity contribution >= 4 is 17.5 Å². The summed E-state index contributed by atoms with van der Waals surface area (Å²) in [7, 11) is 0. The van der Waals surface area contributed by atoms with Crippen molar-refractivity contribution in [2.45, 2.75) is 13.5 Å². The zero-order chi connectivity index (χ0) is 15.2. The number of carbonyl (C=O) groups excluding carboxylic acids is 2. The fraction of sp³-hybridized carbons (Fsp3) is 0.125. The summed E-state index contributed by atoms with van der Waals surface area (Å²) in [5.41, 5.74) is 2.02. The Kier molecular flexibility index (Phi) is 4.66. The van der Waals surface area contributed by atoms with Gasteiger partial charge in [0.05, 0.1) is 0 Å². The number of amides is 2. The van der Waals surface area contributed by atoms with Gasteiger partial charge in [0.2, 0.25) is 5.91 Å². The molecule has 21 heavy (non-hydrogen) atoms. The quantitative estimate of drug-likeness (QED) is 0.908. The van der Waals surface area contributed by atoms with E-state index in [-0.39, 0.29) is 17.6 Å². The second-order valence-corrected chi connectivity index (χ2v) is 4.57. The van der Waals surface area contributed by atoms with Crippen molar-refractivity contribution in [3.63, 3.8) is 0 Å². The molecule has 2 amide bonds. The molecule has 0 spiro atoms. The van der Waals surface area contributed by atoms with Crippen LogP contribution in [0, 0.1) is 5.82 Å². The molecule has 0 aliphatic carbocycles. The number of nitrogens with one attached hydrogen (secondary N) is 2. The SMILES string of the molecule is CC(=O)Nc1ccc(CNC(=O)c2ccc(F)cc2)cc1. The third kappa shape index (κ3) is 4.42. The number of hydrogen-bond donors (Lipinski definition) is 2. The Labute approximate surface area is 122 Å². The average molecular weight is 286 g/mol. The summed E-state index contributed by atoms with van der Waals surface area (Å²) in [6, 6.07) is 12.5. The van der Waals surface area contributed by atoms with Gasteiger partial charge in [0.25, 0.3) is 5.91 Å². The standard InChI is InChI=1S/C16H15FN2O2/c1-11(20)19-15-8-2-12(3-9-15)10-18-16(21)13-4-6-14(17)7-5-13/h2-9H,10H2,1H3,(H,18,21)(H,19,20). The van der Waals surface area contributed by atoms with Gasteiger partial charge < -0.3 is 10.6 Å². The van der Waals surface area contributed by atoms with Crippen LogP contribution in [0.1, 0.15) is 22.8 Å². The van der Waals surface area contributed by atoms with E-state index in [2.05, 4.69) is 10.6 Å². The minimum absolute atomic E-state index is 0.132. The van der Waals surface area contributed by atoms with E-state index in [4.69, 9.17) is 0 Å². The van der Waals surface area contributed by atoms with Gasteiger partial charge in [0, 0.05) is 24.7 Å². The van der Waals surface area contributed by atoms with Gasteiger partial charge in [-0.1, -0.05) is 12.1 Å². The van der Waals surface area contributed by atoms with E-state index in [9.17, 15) is 14.0 Å². The van der Waals surface area contributed by atoms with Crippen LogP contribution >= 0.6 is 0 Å². The number of anilines is 1. The molecule has 0 unspecified atom stereocenters. The number of halogens is 1. The third-order valence-electron chi connectivity index (χ3n) is 2.83. The summed E-state index contributed by atoms with van der Waals surface area (Å²) < 4.78 is 12.8. The monoisotopic (exact) mass is 286 g/mol. The first-order valence-corrected chi connectivity index (χ1v) is 6.45. The topological polar surface area (TPSA) is 58.2 Å². The number of rotatable bonds is 4. The predicted octanol–water partition coefficient (Wildman–Crippen LogP) is 2.71. The molecular weight excluding hydrogens is 271 g/mol. The summed E-state index contributed by atoms with van der Waals surface area (Å²) in [4.78, 5) is 22.8. The van der Waals surface area contributed by atoms with E-state index in [0.717, 1.165) is 5.56 Å². The van der Waals surface area contributed by atoms with Crippen LogP contribution in [0.5, 0.6) is 0 Å². The second-order valence-electron chi connectivity index (χ2n) is 4.57. The molecule has 0 aromatic heterocycles. The highest BCUT2D eigenvalue weighted by molar-refractivity contribution is 5.94. The molecule has 0 radical (unpaired) electrons. The molecular formula is C16H15FN2O2. The van der Waals surface area contributed by atoms with E-state index in [1.165, 1.54) is 31.2 Å². The van der Waals surface area contributed by atoms with Gasteiger partial charge in [0.15, 0.2) is 0 Å². The number of hydrogen-bond acceptors (Lipinski definition) is 2. The van der Waals surface area contributed by atoms with Crippen LogP contribution in [0.3, 0.4) is 0 Å². The van der Waals surface area contributed by atoms with E-state index in [1.807, 2.05) is 12.1 Å². The van der Waals surface area contributed by atoms with E-state index < -0.39 is 0 Å². The fourth-order valence-corrected chi connectivity index (χ4v) is 1.79. The van der Waals surface area contributed by atoms with Crippen molar-refractivity contribution in [2.24, 2.45) is 0 Å². The largest absolute Gasteiger partial charge is 0.348 e. The van der Waals surface area contributed by atoms with Crippen LogP contribution in [0.15, 0.2) is 48.5 Å². The Morgan fingerprint density at radius 3 is 2.19 bits per heavy atom. The number of benzene rings is 2. The maximum Gasteiger partial charge on any atom is 0.251 e. The summed E-state index contributed by atoms with van der Waals surface area (Å²) in [6.45, 7) is 1.80. The number of carbonyl (C=O) groups is 2. The molecule has 0 saturated carbocycles. The maximum atomic E-state index is 12.8. The van der Waals surface area contributed by atoms with Gasteiger partial charge >= 0.3 is 0 Å². The van der Waals surface area contributed by atoms with Crippen molar-refractivity contribution in [2.75, 3.05) is 5.32 Å². The molecule has 0 atom stereocenters. The average Bonchev–Trinajstić information content (AvgIpc) is 2.46. The third-order valence-corrected chi connectivity index (χ3v) is 2.83. The Morgan fingerprint density at radius 1 is 1.00 bits per heavy atom. The summed E-state index contributed by atoms with van der Waals surface area (Å²) in [5.74, 6) is -0.770. The zero-order valence-electron chi connectivity index (χ0n) is 11.5. The molecule has 2 rings (SSSR count). The molecule has 0 bridgehead atoms. The highest BCUT2D eigenvalue weighted by atomic mass is 19.1. The molecule has 4 nitrogen and oxygen atoms in total. The van der Waals surface area contributed by atoms with E-state index >= 15 is 0 Å². The first-order chi connectivity index (χ1) is 10.0. The minimum Gasteiger partial charge on any atom is -0.348 e. The van der Waals surface area contributed by atoms with Crippen LogP contribution in [0.2, 0.25) is 0 Å². The lowest BCUT2D eigenvalue weighted by Crippen LogP contribution is -2.22. The lowest BCUT2D eigenvalue weighted by molar-refractivity contribution is -0.114. The van der Waals surface area contributed by atoms with E-state index in [0.29, 0.717) is 17.8 Å². The molecule has 0 aliphatic heterocycles. The van der Waals surface area contributed by atoms with Crippen molar-refractivity contribution < 1.29 is 14.0 Å². The zero-order valence-corrected chi connectivity index (χ0v) is 11.5. The fourth-order valence-electron chi connectivity index (χ4n) is 1.79. The summed E-state index contributed by atoms with van der Waals surface area (Å²) >= 11 is 0. The maximum absolute atomic E-state index is 12.8. The van der Waals surface area contributed by atoms with Gasteiger partial charge in [-0.2, -0.15) is 0 Å². The molecule has 0 aliphatic rings. The van der Waals surface area contributed by atoms with Gasteiger partial charge in [-0.3, -0.25) is 9.59 Å². The van der Waals surface area contributed by atoms with Crippen LogP contribution in [-0.4, -0.2) is 11.8 Å². The highest BCUT2D eigenvalue weighted by Gasteiger charge is 2.05. The molecule has 5 heteroatoms. The van der Waals surface area contributed by atoms with E-state index in [1.54, 1.807) is 12.1 Å². The summed E-state index contributed by atoms with van der Waals surface area (Å²) in [5, 5.41) is 5.41. The van der Waals surface area contributed by atoms with Gasteiger partial charge in [-0.05, 0) is 42.0 Å². The Balaban J connectivity index is 1.92. The van der Waals surface area contributed by atoms with Crippen molar-refractivity contribution in [3.8, 4) is 0 Å². The minimum atomic E-state index is -0.375. The molecule has 2 N–H and O–H groups in total. The van der Waals surface area contributed by atoms with Crippen LogP contribution < -0.4 is 10.6 Å². The molecule has 2 aromatic carbocycles. The second kappa shape index (κ2) is 6.65. The Morgan fingerprint density at radius 2 is 1.62 bits per heavy atom. The lowest BCUT2D eigenvalue weighted by Gasteiger charge is -2.07. The molecule has 108 valence electrons. The highest BCUT2D eigenvalue weighted by Crippen LogP contribution is 2.09. The van der Waals surface area contributed by atoms with Crippen molar-refractivity contribution in [1.82, 2.24) is 5.32 Å². The first-order valence-electron chi connectivity index (χ1n) is 6.45. The lowest BCUT2D eigenvalue weighted by atomic mass is 10.2. The summed E-state index contributed by atoms with van der Waals surface area (Å²) in [6.07, 6.45) is 0. The van der Waals surface area contributed by atoms with Crippen molar-refractivity contribution in [3.05, 3.63) is 65.5 Å².